The second-order valence-corrected chi connectivity index (χ2v) is 5.34. The van der Waals surface area contributed by atoms with E-state index in [1.54, 1.807) is 0 Å². The van der Waals surface area contributed by atoms with Gasteiger partial charge in [0.05, 0.1) is 16.8 Å². The molecule has 9 heteroatoms. The number of para-hydroxylation sites is 1. The minimum Gasteiger partial charge on any atom is -0.449 e. The van der Waals surface area contributed by atoms with Crippen LogP contribution < -0.4 is 5.32 Å². The normalized spacial score (nSPS) is 12.4. The molecule has 0 fully saturated rings. The molecule has 0 saturated heterocycles. The largest absolute Gasteiger partial charge is 0.449 e. The van der Waals surface area contributed by atoms with Gasteiger partial charge < -0.3 is 10.1 Å². The minimum absolute atomic E-state index is 0.0553. The molecule has 0 bridgehead atoms. The van der Waals surface area contributed by atoms with E-state index in [9.17, 15) is 22.8 Å². The number of nitrogens with one attached hydrogen (secondary N) is 1. The Morgan fingerprint density at radius 2 is 1.88 bits per heavy atom. The van der Waals surface area contributed by atoms with Crippen molar-refractivity contribution in [3.05, 3.63) is 58.9 Å². The Morgan fingerprint density at radius 3 is 2.48 bits per heavy atom. The average molecular weight is 373 g/mol. The van der Waals surface area contributed by atoms with Gasteiger partial charge in [0.2, 0.25) is 0 Å². The van der Waals surface area contributed by atoms with Crippen LogP contribution in [0.5, 0.6) is 0 Å². The summed E-state index contributed by atoms with van der Waals surface area (Å²) >= 11 is 5.60. The van der Waals surface area contributed by atoms with Crippen molar-refractivity contribution in [2.75, 3.05) is 5.32 Å². The Morgan fingerprint density at radius 1 is 1.20 bits per heavy atom. The topological polar surface area (TPSA) is 68.3 Å². The van der Waals surface area contributed by atoms with Crippen molar-refractivity contribution in [1.29, 1.82) is 0 Å². The van der Waals surface area contributed by atoms with Crippen LogP contribution in [0.25, 0.3) is 0 Å². The van der Waals surface area contributed by atoms with Crippen LogP contribution >= 0.6 is 11.6 Å². The summed E-state index contributed by atoms with van der Waals surface area (Å²) in [6.45, 7) is 1.24. The lowest BCUT2D eigenvalue weighted by atomic mass is 10.1. The zero-order valence-corrected chi connectivity index (χ0v) is 13.6. The molecule has 132 valence electrons. The first kappa shape index (κ1) is 18.7. The number of anilines is 1. The van der Waals surface area contributed by atoms with Crippen molar-refractivity contribution < 1.29 is 27.5 Å². The van der Waals surface area contributed by atoms with Gasteiger partial charge in [-0.3, -0.25) is 4.79 Å². The van der Waals surface area contributed by atoms with Gasteiger partial charge in [0.1, 0.15) is 5.15 Å². The first-order valence-corrected chi connectivity index (χ1v) is 7.36. The Balaban J connectivity index is 2.06. The lowest BCUT2D eigenvalue weighted by Gasteiger charge is -2.16. The lowest BCUT2D eigenvalue weighted by Crippen LogP contribution is -2.30. The highest BCUT2D eigenvalue weighted by molar-refractivity contribution is 6.29. The third-order valence-corrected chi connectivity index (χ3v) is 3.33. The fraction of sp³-hybridized carbons (Fsp3) is 0.188. The number of amides is 1. The number of nitrogens with zero attached hydrogens (tertiary/aromatic N) is 1. The van der Waals surface area contributed by atoms with E-state index in [4.69, 9.17) is 16.3 Å². The van der Waals surface area contributed by atoms with E-state index < -0.39 is 35.4 Å². The van der Waals surface area contributed by atoms with Crippen LogP contribution in [0.15, 0.2) is 42.6 Å². The molecule has 1 aromatic carbocycles. The summed E-state index contributed by atoms with van der Waals surface area (Å²) in [7, 11) is 0. The van der Waals surface area contributed by atoms with Crippen molar-refractivity contribution in [2.45, 2.75) is 19.2 Å². The summed E-state index contributed by atoms with van der Waals surface area (Å²) in [5.74, 6) is -1.75. The number of aromatic nitrogens is 1. The van der Waals surface area contributed by atoms with E-state index in [0.717, 1.165) is 18.3 Å². The Kier molecular flexibility index (Phi) is 5.63. The van der Waals surface area contributed by atoms with Crippen molar-refractivity contribution in [3.63, 3.8) is 0 Å². The van der Waals surface area contributed by atoms with Gasteiger partial charge in [0.15, 0.2) is 6.10 Å². The highest BCUT2D eigenvalue weighted by atomic mass is 35.5. The maximum Gasteiger partial charge on any atom is 0.418 e. The predicted octanol–water partition coefficient (Wildman–Crippen LogP) is 3.94. The zero-order valence-electron chi connectivity index (χ0n) is 12.8. The van der Waals surface area contributed by atoms with Gasteiger partial charge in [-0.15, -0.1) is 0 Å². The average Bonchev–Trinajstić information content (AvgIpc) is 2.54. The molecule has 1 N–H and O–H groups in total. The molecule has 0 saturated carbocycles. The summed E-state index contributed by atoms with van der Waals surface area (Å²) in [6, 6.07) is 7.21. The number of carbonyl (C=O) groups is 2. The van der Waals surface area contributed by atoms with E-state index in [0.29, 0.717) is 0 Å². The van der Waals surface area contributed by atoms with Crippen LogP contribution in [-0.4, -0.2) is 23.0 Å². The maximum atomic E-state index is 12.9. The standard InChI is InChI=1S/C16H12ClF3N2O3/c1-9(25-15(24)10-6-7-13(17)21-8-10)14(23)22-12-5-3-2-4-11(12)16(18,19)20/h2-9H,1H3,(H,22,23). The smallest absolute Gasteiger partial charge is 0.418 e. The molecule has 0 spiro atoms. The maximum absolute atomic E-state index is 12.9. The molecule has 0 aliphatic heterocycles. The zero-order chi connectivity index (χ0) is 18.6. The summed E-state index contributed by atoms with van der Waals surface area (Å²) in [4.78, 5) is 27.6. The number of pyridine rings is 1. The summed E-state index contributed by atoms with van der Waals surface area (Å²) in [5.41, 5.74) is -1.36. The van der Waals surface area contributed by atoms with Gasteiger partial charge >= 0.3 is 12.1 Å². The number of benzene rings is 1. The van der Waals surface area contributed by atoms with Gasteiger partial charge in [-0.2, -0.15) is 13.2 Å². The number of hydrogen-bond donors (Lipinski definition) is 1. The number of carbonyl (C=O) groups excluding carboxylic acids is 2. The van der Waals surface area contributed by atoms with Crippen molar-refractivity contribution in [2.24, 2.45) is 0 Å². The molecular formula is C16H12ClF3N2O3. The molecule has 1 unspecified atom stereocenters. The molecule has 25 heavy (non-hydrogen) atoms. The molecule has 1 aromatic heterocycles. The Labute approximate surface area is 145 Å². The third-order valence-electron chi connectivity index (χ3n) is 3.11. The number of ether oxygens (including phenoxy) is 1. The molecule has 1 heterocycles. The molecule has 0 aliphatic rings. The van der Waals surface area contributed by atoms with Crippen molar-refractivity contribution in [1.82, 2.24) is 4.98 Å². The molecule has 1 atom stereocenters. The minimum atomic E-state index is -4.63. The van der Waals surface area contributed by atoms with Gasteiger partial charge in [-0.05, 0) is 31.2 Å². The van der Waals surface area contributed by atoms with E-state index >= 15 is 0 Å². The van der Waals surface area contributed by atoms with Crippen molar-refractivity contribution in [3.8, 4) is 0 Å². The van der Waals surface area contributed by atoms with Gasteiger partial charge in [0.25, 0.3) is 5.91 Å². The quantitative estimate of drug-likeness (QED) is 0.652. The van der Waals surface area contributed by atoms with Gasteiger partial charge in [0, 0.05) is 6.20 Å². The van der Waals surface area contributed by atoms with Crippen LogP contribution in [0.4, 0.5) is 18.9 Å². The van der Waals surface area contributed by atoms with Crippen molar-refractivity contribution >= 4 is 29.2 Å². The van der Waals surface area contributed by atoms with E-state index in [-0.39, 0.29) is 10.7 Å². The number of rotatable bonds is 4. The SMILES string of the molecule is CC(OC(=O)c1ccc(Cl)nc1)C(=O)Nc1ccccc1C(F)(F)F. The highest BCUT2D eigenvalue weighted by Gasteiger charge is 2.34. The summed E-state index contributed by atoms with van der Waals surface area (Å²) in [5, 5.41) is 2.28. The summed E-state index contributed by atoms with van der Waals surface area (Å²) < 4.78 is 43.6. The van der Waals surface area contributed by atoms with Gasteiger partial charge in [-0.25, -0.2) is 9.78 Å². The summed E-state index contributed by atoms with van der Waals surface area (Å²) in [6.07, 6.45) is -4.78. The molecule has 5 nitrogen and oxygen atoms in total. The molecule has 2 rings (SSSR count). The fourth-order valence-corrected chi connectivity index (χ4v) is 1.96. The fourth-order valence-electron chi connectivity index (χ4n) is 1.85. The molecule has 2 aromatic rings. The Hall–Kier alpha value is -2.61. The van der Waals surface area contributed by atoms with Crippen LogP contribution in [0.1, 0.15) is 22.8 Å². The number of alkyl halides is 3. The van der Waals surface area contributed by atoms with Gasteiger partial charge in [-0.1, -0.05) is 23.7 Å². The second kappa shape index (κ2) is 7.52. The van der Waals surface area contributed by atoms with E-state index in [1.807, 2.05) is 0 Å². The second-order valence-electron chi connectivity index (χ2n) is 4.95. The van der Waals surface area contributed by atoms with Crippen LogP contribution in [0.3, 0.4) is 0 Å². The van der Waals surface area contributed by atoms with Crippen LogP contribution in [0, 0.1) is 0 Å². The molecule has 0 aliphatic carbocycles. The molecular weight excluding hydrogens is 361 g/mol. The number of hydrogen-bond acceptors (Lipinski definition) is 4. The molecule has 0 radical (unpaired) electrons. The number of esters is 1. The first-order valence-electron chi connectivity index (χ1n) is 6.98. The van der Waals surface area contributed by atoms with Crippen LogP contribution in [0.2, 0.25) is 5.15 Å². The predicted molar refractivity (Wildman–Crippen MR) is 84.2 cm³/mol. The lowest BCUT2D eigenvalue weighted by molar-refractivity contribution is -0.137. The number of halogens is 4. The Bertz CT molecular complexity index is 779. The van der Waals surface area contributed by atoms with E-state index in [2.05, 4.69) is 10.3 Å². The van der Waals surface area contributed by atoms with Crippen LogP contribution in [-0.2, 0) is 15.7 Å². The highest BCUT2D eigenvalue weighted by Crippen LogP contribution is 2.34. The third kappa shape index (κ3) is 4.93. The monoisotopic (exact) mass is 372 g/mol. The van der Waals surface area contributed by atoms with E-state index in [1.165, 1.54) is 31.2 Å². The first-order chi connectivity index (χ1) is 11.7. The molecule has 1 amide bonds.